The van der Waals surface area contributed by atoms with Gasteiger partial charge in [0.15, 0.2) is 5.82 Å². The normalized spacial score (nSPS) is 19.8. The highest BCUT2D eigenvalue weighted by Gasteiger charge is 2.61. The van der Waals surface area contributed by atoms with Crippen molar-refractivity contribution < 1.29 is 18.7 Å². The summed E-state index contributed by atoms with van der Waals surface area (Å²) < 4.78 is 21.5. The molecule has 2 fully saturated rings. The molecule has 0 amide bonds. The standard InChI is InChI=1S/C20H26N2O4/c1-23-10-11-25-12-17-21-18(26-22-17)20(13-19(14-20)8-3-9-19)15-4-6-16(24-2)7-5-15/h4-7H,3,8-14H2,1-2H3. The summed E-state index contributed by atoms with van der Waals surface area (Å²) >= 11 is 0. The van der Waals surface area contributed by atoms with Crippen LogP contribution in [0.2, 0.25) is 0 Å². The molecule has 2 aromatic rings. The van der Waals surface area contributed by atoms with Gasteiger partial charge in [0.05, 0.1) is 25.7 Å². The van der Waals surface area contributed by atoms with Crippen LogP contribution in [0.1, 0.15) is 49.4 Å². The van der Waals surface area contributed by atoms with Crippen LogP contribution in [0.15, 0.2) is 28.8 Å². The van der Waals surface area contributed by atoms with Gasteiger partial charge in [-0.1, -0.05) is 23.7 Å². The third-order valence-electron chi connectivity index (χ3n) is 5.95. The first-order valence-electron chi connectivity index (χ1n) is 9.24. The average molecular weight is 358 g/mol. The largest absolute Gasteiger partial charge is 0.497 e. The SMILES string of the molecule is COCCOCc1noc(C2(c3ccc(OC)cc3)CC3(CCC3)C2)n1. The van der Waals surface area contributed by atoms with Crippen molar-refractivity contribution in [3.63, 3.8) is 0 Å². The lowest BCUT2D eigenvalue weighted by atomic mass is 9.43. The van der Waals surface area contributed by atoms with Gasteiger partial charge < -0.3 is 18.7 Å². The van der Waals surface area contributed by atoms with Gasteiger partial charge in [0.1, 0.15) is 12.4 Å². The van der Waals surface area contributed by atoms with Crippen LogP contribution in [0.5, 0.6) is 5.75 Å². The van der Waals surface area contributed by atoms with Crippen LogP contribution in [-0.4, -0.2) is 37.6 Å². The Morgan fingerprint density at radius 1 is 1.08 bits per heavy atom. The molecule has 1 aromatic carbocycles. The number of rotatable bonds is 8. The molecule has 2 saturated carbocycles. The summed E-state index contributed by atoms with van der Waals surface area (Å²) in [4.78, 5) is 4.67. The van der Waals surface area contributed by atoms with Gasteiger partial charge in [0.25, 0.3) is 0 Å². The molecular weight excluding hydrogens is 332 g/mol. The average Bonchev–Trinajstić information content (AvgIpc) is 3.06. The van der Waals surface area contributed by atoms with Crippen molar-refractivity contribution in [2.75, 3.05) is 27.4 Å². The summed E-state index contributed by atoms with van der Waals surface area (Å²) in [6, 6.07) is 8.27. The summed E-state index contributed by atoms with van der Waals surface area (Å²) in [6.07, 6.45) is 6.12. The Labute approximate surface area is 153 Å². The lowest BCUT2D eigenvalue weighted by Gasteiger charge is -2.59. The van der Waals surface area contributed by atoms with Crippen molar-refractivity contribution in [1.29, 1.82) is 0 Å². The molecule has 4 rings (SSSR count). The first-order chi connectivity index (χ1) is 12.7. The van der Waals surface area contributed by atoms with E-state index in [9.17, 15) is 0 Å². The topological polar surface area (TPSA) is 66.6 Å². The maximum absolute atomic E-state index is 5.70. The molecule has 6 heteroatoms. The van der Waals surface area contributed by atoms with Crippen LogP contribution >= 0.6 is 0 Å². The monoisotopic (exact) mass is 358 g/mol. The number of ether oxygens (including phenoxy) is 3. The highest BCUT2D eigenvalue weighted by atomic mass is 16.5. The highest BCUT2D eigenvalue weighted by molar-refractivity contribution is 5.41. The first kappa shape index (κ1) is 17.5. The summed E-state index contributed by atoms with van der Waals surface area (Å²) in [7, 11) is 3.34. The Hall–Kier alpha value is -1.92. The minimum Gasteiger partial charge on any atom is -0.497 e. The molecule has 2 aliphatic carbocycles. The van der Waals surface area contributed by atoms with Crippen molar-refractivity contribution in [2.45, 2.75) is 44.1 Å². The zero-order chi connectivity index (χ0) is 18.0. The quantitative estimate of drug-likeness (QED) is 0.673. The maximum Gasteiger partial charge on any atom is 0.237 e. The second-order valence-electron chi connectivity index (χ2n) is 7.58. The molecule has 0 aliphatic heterocycles. The molecule has 0 saturated heterocycles. The van der Waals surface area contributed by atoms with E-state index in [0.29, 0.717) is 37.0 Å². The van der Waals surface area contributed by atoms with E-state index in [1.54, 1.807) is 14.2 Å². The first-order valence-corrected chi connectivity index (χ1v) is 9.24. The minimum absolute atomic E-state index is 0.176. The van der Waals surface area contributed by atoms with Gasteiger partial charge in [-0.25, -0.2) is 0 Å². The Morgan fingerprint density at radius 3 is 2.46 bits per heavy atom. The van der Waals surface area contributed by atoms with Crippen molar-refractivity contribution >= 4 is 0 Å². The van der Waals surface area contributed by atoms with Crippen LogP contribution in [0.3, 0.4) is 0 Å². The summed E-state index contributed by atoms with van der Waals surface area (Å²) in [5.41, 5.74) is 1.53. The van der Waals surface area contributed by atoms with E-state index >= 15 is 0 Å². The lowest BCUT2D eigenvalue weighted by Crippen LogP contribution is -2.53. The molecule has 0 radical (unpaired) electrons. The third kappa shape index (κ3) is 3.01. The molecule has 0 bridgehead atoms. The minimum atomic E-state index is -0.176. The fourth-order valence-electron chi connectivity index (χ4n) is 4.46. The molecule has 6 nitrogen and oxygen atoms in total. The van der Waals surface area contributed by atoms with Crippen molar-refractivity contribution in [3.05, 3.63) is 41.5 Å². The Kier molecular flexibility index (Phi) is 4.71. The van der Waals surface area contributed by atoms with Crippen LogP contribution in [0, 0.1) is 5.41 Å². The number of nitrogens with zero attached hydrogens (tertiary/aromatic N) is 2. The molecule has 0 unspecified atom stereocenters. The Bertz CT molecular complexity index is 729. The third-order valence-corrected chi connectivity index (χ3v) is 5.95. The van der Waals surface area contributed by atoms with Crippen LogP contribution in [0.4, 0.5) is 0 Å². The molecule has 1 aromatic heterocycles. The van der Waals surface area contributed by atoms with Gasteiger partial charge in [0.2, 0.25) is 5.89 Å². The fourth-order valence-corrected chi connectivity index (χ4v) is 4.46. The van der Waals surface area contributed by atoms with E-state index in [4.69, 9.17) is 18.7 Å². The smallest absolute Gasteiger partial charge is 0.237 e. The molecule has 26 heavy (non-hydrogen) atoms. The fraction of sp³-hybridized carbons (Fsp3) is 0.600. The predicted octanol–water partition coefficient (Wildman–Crippen LogP) is 3.49. The van der Waals surface area contributed by atoms with Crippen molar-refractivity contribution in [3.8, 4) is 5.75 Å². The number of benzene rings is 1. The number of hydrogen-bond acceptors (Lipinski definition) is 6. The van der Waals surface area contributed by atoms with E-state index < -0.39 is 0 Å². The molecule has 0 atom stereocenters. The molecular formula is C20H26N2O4. The van der Waals surface area contributed by atoms with Gasteiger partial charge >= 0.3 is 0 Å². The van der Waals surface area contributed by atoms with Gasteiger partial charge in [-0.05, 0) is 48.8 Å². The summed E-state index contributed by atoms with van der Waals surface area (Å²) in [5.74, 6) is 2.17. The van der Waals surface area contributed by atoms with Crippen LogP contribution < -0.4 is 4.74 Å². The highest BCUT2D eigenvalue weighted by Crippen LogP contribution is 2.66. The van der Waals surface area contributed by atoms with Gasteiger partial charge in [-0.2, -0.15) is 4.98 Å². The summed E-state index contributed by atoms with van der Waals surface area (Å²) in [5, 5.41) is 4.14. The molecule has 1 spiro atoms. The zero-order valence-electron chi connectivity index (χ0n) is 15.5. The molecule has 2 aliphatic rings. The lowest BCUT2D eigenvalue weighted by molar-refractivity contribution is -0.0425. The van der Waals surface area contributed by atoms with Gasteiger partial charge in [-0.15, -0.1) is 0 Å². The van der Waals surface area contributed by atoms with Crippen molar-refractivity contribution in [1.82, 2.24) is 10.1 Å². The summed E-state index contributed by atoms with van der Waals surface area (Å²) in [6.45, 7) is 1.42. The maximum atomic E-state index is 5.70. The molecule has 0 N–H and O–H groups in total. The van der Waals surface area contributed by atoms with E-state index in [2.05, 4.69) is 22.3 Å². The predicted molar refractivity (Wildman–Crippen MR) is 95.1 cm³/mol. The van der Waals surface area contributed by atoms with E-state index in [1.807, 2.05) is 12.1 Å². The second-order valence-corrected chi connectivity index (χ2v) is 7.58. The number of aromatic nitrogens is 2. The Balaban J connectivity index is 1.55. The van der Waals surface area contributed by atoms with Crippen molar-refractivity contribution in [2.24, 2.45) is 5.41 Å². The molecule has 1 heterocycles. The van der Waals surface area contributed by atoms with Crippen LogP contribution in [0.25, 0.3) is 0 Å². The van der Waals surface area contributed by atoms with E-state index in [0.717, 1.165) is 18.6 Å². The van der Waals surface area contributed by atoms with Gasteiger partial charge in [0, 0.05) is 7.11 Å². The molecule has 140 valence electrons. The van der Waals surface area contributed by atoms with E-state index in [1.165, 1.54) is 24.8 Å². The number of hydrogen-bond donors (Lipinski definition) is 0. The number of methoxy groups -OCH3 is 2. The Morgan fingerprint density at radius 2 is 1.85 bits per heavy atom. The van der Waals surface area contributed by atoms with E-state index in [-0.39, 0.29) is 5.41 Å². The second kappa shape index (κ2) is 7.00. The van der Waals surface area contributed by atoms with Gasteiger partial charge in [-0.3, -0.25) is 0 Å². The zero-order valence-corrected chi connectivity index (χ0v) is 15.5. The van der Waals surface area contributed by atoms with Crippen LogP contribution in [-0.2, 0) is 21.5 Å².